The van der Waals surface area contributed by atoms with E-state index in [2.05, 4.69) is 12.2 Å². The lowest BCUT2D eigenvalue weighted by atomic mass is 10.1. The third kappa shape index (κ3) is 4.89. The Kier molecular flexibility index (Phi) is 6.10. The number of carbonyl (C=O) groups is 1. The fourth-order valence-corrected chi connectivity index (χ4v) is 2.81. The van der Waals surface area contributed by atoms with Crippen LogP contribution in [-0.2, 0) is 4.79 Å². The summed E-state index contributed by atoms with van der Waals surface area (Å²) in [5, 5.41) is 3.05. The van der Waals surface area contributed by atoms with Gasteiger partial charge in [-0.05, 0) is 30.8 Å². The van der Waals surface area contributed by atoms with Crippen LogP contribution in [0.5, 0.6) is 0 Å². The summed E-state index contributed by atoms with van der Waals surface area (Å²) in [5.41, 5.74) is 5.80. The summed E-state index contributed by atoms with van der Waals surface area (Å²) in [6.07, 6.45) is 5.13. The van der Waals surface area contributed by atoms with Crippen LogP contribution >= 0.6 is 11.8 Å². The first kappa shape index (κ1) is 12.8. The number of unbranched alkanes of at least 4 members (excludes halogenated alkanes) is 1. The molecule has 15 heavy (non-hydrogen) atoms. The lowest BCUT2D eigenvalue weighted by Crippen LogP contribution is -2.46. The molecule has 1 atom stereocenters. The molecule has 0 saturated carbocycles. The topological polar surface area (TPSA) is 55.1 Å². The Labute approximate surface area is 96.6 Å². The van der Waals surface area contributed by atoms with Crippen LogP contribution in [0.2, 0.25) is 0 Å². The Morgan fingerprint density at radius 2 is 2.20 bits per heavy atom. The molecule has 4 heteroatoms. The van der Waals surface area contributed by atoms with Crippen molar-refractivity contribution < 1.29 is 4.79 Å². The van der Waals surface area contributed by atoms with Crippen LogP contribution in [0.4, 0.5) is 0 Å². The van der Waals surface area contributed by atoms with E-state index in [1.807, 2.05) is 11.8 Å². The lowest BCUT2D eigenvalue weighted by Gasteiger charge is -2.24. The second kappa shape index (κ2) is 7.12. The van der Waals surface area contributed by atoms with Crippen LogP contribution in [0.15, 0.2) is 0 Å². The number of hydrogen-bond donors (Lipinski definition) is 2. The van der Waals surface area contributed by atoms with Crippen LogP contribution in [0.25, 0.3) is 0 Å². The first-order valence-electron chi connectivity index (χ1n) is 5.87. The number of hydrogen-bond acceptors (Lipinski definition) is 3. The van der Waals surface area contributed by atoms with E-state index < -0.39 is 0 Å². The molecule has 1 heterocycles. The number of nitrogens with two attached hydrogens (primary N) is 1. The largest absolute Gasteiger partial charge is 0.352 e. The molecular weight excluding hydrogens is 208 g/mol. The van der Waals surface area contributed by atoms with E-state index in [0.29, 0.717) is 6.04 Å². The first-order chi connectivity index (χ1) is 7.24. The van der Waals surface area contributed by atoms with Crippen molar-refractivity contribution in [2.75, 3.05) is 11.5 Å². The van der Waals surface area contributed by atoms with Gasteiger partial charge in [-0.25, -0.2) is 0 Å². The van der Waals surface area contributed by atoms with Gasteiger partial charge >= 0.3 is 0 Å². The molecule has 0 spiro atoms. The molecule has 88 valence electrons. The maximum Gasteiger partial charge on any atom is 0.237 e. The van der Waals surface area contributed by atoms with Crippen molar-refractivity contribution in [1.82, 2.24) is 5.32 Å². The Morgan fingerprint density at radius 1 is 1.53 bits per heavy atom. The van der Waals surface area contributed by atoms with E-state index in [4.69, 9.17) is 5.73 Å². The summed E-state index contributed by atoms with van der Waals surface area (Å²) in [6, 6.07) is 0.0611. The second-order valence-electron chi connectivity index (χ2n) is 4.14. The van der Waals surface area contributed by atoms with Crippen LogP contribution in [0, 0.1) is 0 Å². The van der Waals surface area contributed by atoms with Crippen molar-refractivity contribution in [2.24, 2.45) is 5.73 Å². The first-order valence-corrected chi connectivity index (χ1v) is 7.03. The number of amides is 1. The lowest BCUT2D eigenvalue weighted by molar-refractivity contribution is -0.123. The summed E-state index contributed by atoms with van der Waals surface area (Å²) in [5.74, 6) is 2.37. The smallest absolute Gasteiger partial charge is 0.237 e. The third-order valence-electron chi connectivity index (χ3n) is 2.77. The van der Waals surface area contributed by atoms with Crippen molar-refractivity contribution in [3.8, 4) is 0 Å². The fraction of sp³-hybridized carbons (Fsp3) is 0.909. The Bertz CT molecular complexity index is 193. The van der Waals surface area contributed by atoms with E-state index in [0.717, 1.165) is 43.6 Å². The summed E-state index contributed by atoms with van der Waals surface area (Å²) in [7, 11) is 0. The molecule has 0 radical (unpaired) electrons. The normalized spacial score (nSPS) is 19.9. The van der Waals surface area contributed by atoms with Gasteiger partial charge in [0.05, 0.1) is 6.04 Å². The molecule has 1 fully saturated rings. The summed E-state index contributed by atoms with van der Waals surface area (Å²) >= 11 is 1.97. The van der Waals surface area contributed by atoms with E-state index in [1.165, 1.54) is 0 Å². The number of thioether (sulfide) groups is 1. The van der Waals surface area contributed by atoms with Crippen molar-refractivity contribution in [3.05, 3.63) is 0 Å². The molecule has 0 aromatic rings. The fourth-order valence-electron chi connectivity index (χ4n) is 1.71. The zero-order valence-corrected chi connectivity index (χ0v) is 10.3. The summed E-state index contributed by atoms with van der Waals surface area (Å²) in [6.45, 7) is 2.11. The predicted octanol–water partition coefficient (Wildman–Crippen LogP) is 1.52. The molecule has 1 aliphatic rings. The molecule has 1 amide bonds. The molecule has 0 aliphatic carbocycles. The SMILES string of the molecule is CCCC[C@H](N)C(=O)NC1CCSCC1. The van der Waals surface area contributed by atoms with Gasteiger partial charge in [0.15, 0.2) is 0 Å². The predicted molar refractivity (Wildman–Crippen MR) is 66.0 cm³/mol. The van der Waals surface area contributed by atoms with Crippen molar-refractivity contribution in [2.45, 2.75) is 51.1 Å². The average molecular weight is 230 g/mol. The van der Waals surface area contributed by atoms with Crippen LogP contribution in [-0.4, -0.2) is 29.5 Å². The standard InChI is InChI=1S/C11H22N2OS/c1-2-3-4-10(12)11(14)13-9-5-7-15-8-6-9/h9-10H,2-8,12H2,1H3,(H,13,14)/t10-/m0/s1. The van der Waals surface area contributed by atoms with E-state index in [1.54, 1.807) is 0 Å². The molecule has 0 bridgehead atoms. The van der Waals surface area contributed by atoms with Gasteiger partial charge in [-0.1, -0.05) is 19.8 Å². The van der Waals surface area contributed by atoms with Gasteiger partial charge in [-0.3, -0.25) is 4.79 Å². The Balaban J connectivity index is 2.20. The third-order valence-corrected chi connectivity index (χ3v) is 3.82. The van der Waals surface area contributed by atoms with Crippen LogP contribution < -0.4 is 11.1 Å². The number of rotatable bonds is 5. The van der Waals surface area contributed by atoms with Gasteiger partial charge in [0, 0.05) is 6.04 Å². The summed E-state index contributed by atoms with van der Waals surface area (Å²) in [4.78, 5) is 11.7. The quantitative estimate of drug-likeness (QED) is 0.753. The van der Waals surface area contributed by atoms with Crippen molar-refractivity contribution >= 4 is 17.7 Å². The minimum atomic E-state index is -0.306. The maximum absolute atomic E-state index is 11.7. The highest BCUT2D eigenvalue weighted by Crippen LogP contribution is 2.16. The molecule has 3 N–H and O–H groups in total. The Hall–Kier alpha value is -0.220. The van der Waals surface area contributed by atoms with Gasteiger partial charge in [-0.2, -0.15) is 11.8 Å². The highest BCUT2D eigenvalue weighted by Gasteiger charge is 2.19. The highest BCUT2D eigenvalue weighted by atomic mass is 32.2. The average Bonchev–Trinajstić information content (AvgIpc) is 2.27. The number of nitrogens with one attached hydrogen (secondary N) is 1. The molecule has 0 unspecified atom stereocenters. The van der Waals surface area contributed by atoms with E-state index in [-0.39, 0.29) is 11.9 Å². The Morgan fingerprint density at radius 3 is 2.80 bits per heavy atom. The molecule has 1 saturated heterocycles. The maximum atomic E-state index is 11.7. The van der Waals surface area contributed by atoms with Gasteiger partial charge < -0.3 is 11.1 Å². The molecule has 1 rings (SSSR count). The van der Waals surface area contributed by atoms with Crippen molar-refractivity contribution in [1.29, 1.82) is 0 Å². The molecule has 3 nitrogen and oxygen atoms in total. The second-order valence-corrected chi connectivity index (χ2v) is 5.37. The monoisotopic (exact) mass is 230 g/mol. The van der Waals surface area contributed by atoms with Gasteiger partial charge in [0.1, 0.15) is 0 Å². The van der Waals surface area contributed by atoms with Crippen molar-refractivity contribution in [3.63, 3.8) is 0 Å². The minimum Gasteiger partial charge on any atom is -0.352 e. The van der Waals surface area contributed by atoms with Gasteiger partial charge in [0.25, 0.3) is 0 Å². The molecule has 1 aliphatic heterocycles. The van der Waals surface area contributed by atoms with E-state index >= 15 is 0 Å². The van der Waals surface area contributed by atoms with Gasteiger partial charge in [-0.15, -0.1) is 0 Å². The van der Waals surface area contributed by atoms with Crippen LogP contribution in [0.3, 0.4) is 0 Å². The summed E-state index contributed by atoms with van der Waals surface area (Å²) < 4.78 is 0. The number of carbonyl (C=O) groups excluding carboxylic acids is 1. The molecule has 0 aromatic heterocycles. The van der Waals surface area contributed by atoms with Crippen LogP contribution in [0.1, 0.15) is 39.0 Å². The molecule has 0 aromatic carbocycles. The minimum absolute atomic E-state index is 0.0420. The van der Waals surface area contributed by atoms with Gasteiger partial charge in [0.2, 0.25) is 5.91 Å². The zero-order valence-electron chi connectivity index (χ0n) is 9.50. The molecular formula is C11H22N2OS. The zero-order chi connectivity index (χ0) is 11.1. The highest BCUT2D eigenvalue weighted by molar-refractivity contribution is 7.99. The van der Waals surface area contributed by atoms with E-state index in [9.17, 15) is 4.79 Å².